The Morgan fingerprint density at radius 1 is 1.44 bits per heavy atom. The van der Waals surface area contributed by atoms with Crippen LogP contribution in [0.25, 0.3) is 0 Å². The molecule has 2 heterocycles. The van der Waals surface area contributed by atoms with Crippen LogP contribution in [0.15, 0.2) is 18.5 Å². The fraction of sp³-hybridized carbons (Fsp3) is 0.462. The maximum absolute atomic E-state index is 12.2. The van der Waals surface area contributed by atoms with E-state index in [-0.39, 0.29) is 5.91 Å². The van der Waals surface area contributed by atoms with Gasteiger partial charge in [0.2, 0.25) is 5.91 Å². The Balaban J connectivity index is 2.45. The Morgan fingerprint density at radius 2 is 2.17 bits per heavy atom. The highest BCUT2D eigenvalue weighted by Crippen LogP contribution is 2.30. The lowest BCUT2D eigenvalue weighted by atomic mass is 9.96. The Hall–Kier alpha value is -2.09. The normalized spacial score (nSPS) is 18.7. The van der Waals surface area contributed by atoms with Crippen molar-refractivity contribution < 1.29 is 4.79 Å². The molecule has 1 amide bonds. The number of likely N-dealkylation sites (N-methyl/N-ethyl adjacent to an activating group) is 1. The number of hydrogen-bond donors (Lipinski definition) is 0. The molecule has 1 fully saturated rings. The van der Waals surface area contributed by atoms with E-state index in [0.717, 1.165) is 5.69 Å². The van der Waals surface area contributed by atoms with Crippen molar-refractivity contribution in [2.24, 2.45) is 0 Å². The molecule has 1 aliphatic rings. The van der Waals surface area contributed by atoms with Crippen molar-refractivity contribution in [1.29, 1.82) is 5.26 Å². The van der Waals surface area contributed by atoms with Gasteiger partial charge in [-0.25, -0.2) is 0 Å². The summed E-state index contributed by atoms with van der Waals surface area (Å²) in [4.78, 5) is 20.0. The number of nitriles is 1. The topological polar surface area (TPSA) is 60.2 Å². The van der Waals surface area contributed by atoms with Crippen LogP contribution in [0.5, 0.6) is 0 Å². The van der Waals surface area contributed by atoms with Crippen LogP contribution in [0.4, 0.5) is 5.69 Å². The van der Waals surface area contributed by atoms with Gasteiger partial charge in [0, 0.05) is 26.3 Å². The molecule has 0 bridgehead atoms. The van der Waals surface area contributed by atoms with Crippen LogP contribution >= 0.6 is 0 Å². The van der Waals surface area contributed by atoms with Crippen molar-refractivity contribution in [3.63, 3.8) is 0 Å². The molecular weight excluding hydrogens is 228 g/mol. The molecule has 0 aliphatic carbocycles. The number of hydrogen-bond acceptors (Lipinski definition) is 4. The van der Waals surface area contributed by atoms with E-state index in [2.05, 4.69) is 11.1 Å². The lowest BCUT2D eigenvalue weighted by molar-refractivity contribution is -0.136. The molecule has 1 aromatic heterocycles. The molecule has 0 unspecified atom stereocenters. The average molecular weight is 244 g/mol. The molecule has 0 saturated carbocycles. The number of anilines is 1. The second-order valence-electron chi connectivity index (χ2n) is 4.94. The molecular formula is C13H16N4O. The molecule has 0 spiro atoms. The van der Waals surface area contributed by atoms with E-state index in [9.17, 15) is 4.79 Å². The van der Waals surface area contributed by atoms with Gasteiger partial charge < -0.3 is 9.80 Å². The van der Waals surface area contributed by atoms with Gasteiger partial charge in [-0.15, -0.1) is 0 Å². The lowest BCUT2D eigenvalue weighted by Gasteiger charge is -2.46. The summed E-state index contributed by atoms with van der Waals surface area (Å²) in [6.07, 6.45) is 3.24. The van der Waals surface area contributed by atoms with Crippen LogP contribution in [-0.2, 0) is 4.79 Å². The van der Waals surface area contributed by atoms with Crippen molar-refractivity contribution in [3.8, 4) is 6.07 Å². The quantitative estimate of drug-likeness (QED) is 0.739. The largest absolute Gasteiger partial charge is 0.353 e. The zero-order valence-electron chi connectivity index (χ0n) is 10.8. The summed E-state index contributed by atoms with van der Waals surface area (Å²) < 4.78 is 0. The first-order valence-corrected chi connectivity index (χ1v) is 5.86. The van der Waals surface area contributed by atoms with Gasteiger partial charge in [-0.3, -0.25) is 9.78 Å². The zero-order chi connectivity index (χ0) is 13.3. The summed E-state index contributed by atoms with van der Waals surface area (Å²) in [5.74, 6) is 0.0569. The van der Waals surface area contributed by atoms with Gasteiger partial charge in [-0.05, 0) is 19.9 Å². The van der Waals surface area contributed by atoms with E-state index in [4.69, 9.17) is 5.26 Å². The first-order valence-electron chi connectivity index (χ1n) is 5.86. The van der Waals surface area contributed by atoms with Crippen molar-refractivity contribution >= 4 is 11.6 Å². The van der Waals surface area contributed by atoms with E-state index in [1.54, 1.807) is 30.4 Å². The number of nitrogens with zero attached hydrogens (tertiary/aromatic N) is 4. The maximum atomic E-state index is 12.2. The van der Waals surface area contributed by atoms with Crippen LogP contribution < -0.4 is 4.90 Å². The summed E-state index contributed by atoms with van der Waals surface area (Å²) in [7, 11) is 1.80. The van der Waals surface area contributed by atoms with Gasteiger partial charge in [-0.2, -0.15) is 5.26 Å². The number of rotatable bonds is 1. The Morgan fingerprint density at radius 3 is 2.83 bits per heavy atom. The van der Waals surface area contributed by atoms with Crippen molar-refractivity contribution in [3.05, 3.63) is 24.0 Å². The molecule has 0 aromatic carbocycles. The molecule has 18 heavy (non-hydrogen) atoms. The van der Waals surface area contributed by atoms with Crippen molar-refractivity contribution in [2.75, 3.05) is 25.0 Å². The third kappa shape index (κ3) is 1.80. The average Bonchev–Trinajstić information content (AvgIpc) is 2.36. The zero-order valence-corrected chi connectivity index (χ0v) is 10.8. The summed E-state index contributed by atoms with van der Waals surface area (Å²) in [6.45, 7) is 5.11. The predicted molar refractivity (Wildman–Crippen MR) is 68.0 cm³/mol. The monoisotopic (exact) mass is 244 g/mol. The molecule has 2 rings (SSSR count). The Kier molecular flexibility index (Phi) is 2.95. The first kappa shape index (κ1) is 12.4. The standard InChI is InChI=1S/C13H16N4O/c1-13(2)12(18)16(3)6-7-17(13)11-9-15-5-4-10(11)8-14/h4-5,9H,6-7H2,1-3H3. The summed E-state index contributed by atoms with van der Waals surface area (Å²) >= 11 is 0. The van der Waals surface area contributed by atoms with Crippen LogP contribution in [-0.4, -0.2) is 41.5 Å². The van der Waals surface area contributed by atoms with Crippen molar-refractivity contribution in [2.45, 2.75) is 19.4 Å². The van der Waals surface area contributed by atoms with E-state index < -0.39 is 5.54 Å². The van der Waals surface area contributed by atoms with E-state index >= 15 is 0 Å². The molecule has 5 heteroatoms. The molecule has 0 N–H and O–H groups in total. The van der Waals surface area contributed by atoms with E-state index in [1.165, 1.54) is 0 Å². The second-order valence-corrected chi connectivity index (χ2v) is 4.94. The Labute approximate surface area is 107 Å². The number of piperazine rings is 1. The minimum Gasteiger partial charge on any atom is -0.353 e. The summed E-state index contributed by atoms with van der Waals surface area (Å²) in [5.41, 5.74) is 0.628. The lowest BCUT2D eigenvalue weighted by Crippen LogP contribution is -2.62. The van der Waals surface area contributed by atoms with Crippen LogP contribution in [0.1, 0.15) is 19.4 Å². The fourth-order valence-corrected chi connectivity index (χ4v) is 2.33. The minimum absolute atomic E-state index is 0.0569. The minimum atomic E-state index is -0.651. The molecule has 0 atom stereocenters. The van der Waals surface area contributed by atoms with Gasteiger partial charge in [0.05, 0.1) is 17.4 Å². The highest BCUT2D eigenvalue weighted by Gasteiger charge is 2.41. The Bertz CT molecular complexity index is 518. The highest BCUT2D eigenvalue weighted by molar-refractivity contribution is 5.90. The number of carbonyl (C=O) groups is 1. The summed E-state index contributed by atoms with van der Waals surface area (Å²) in [5, 5.41) is 9.14. The third-order valence-corrected chi connectivity index (χ3v) is 3.42. The maximum Gasteiger partial charge on any atom is 0.247 e. The molecule has 94 valence electrons. The second kappa shape index (κ2) is 4.30. The van der Waals surface area contributed by atoms with Crippen LogP contribution in [0, 0.1) is 11.3 Å². The highest BCUT2D eigenvalue weighted by atomic mass is 16.2. The number of amides is 1. The number of pyridine rings is 1. The van der Waals surface area contributed by atoms with E-state index in [0.29, 0.717) is 18.7 Å². The van der Waals surface area contributed by atoms with Crippen LogP contribution in [0.2, 0.25) is 0 Å². The fourth-order valence-electron chi connectivity index (χ4n) is 2.33. The van der Waals surface area contributed by atoms with Gasteiger partial charge >= 0.3 is 0 Å². The smallest absolute Gasteiger partial charge is 0.247 e. The van der Waals surface area contributed by atoms with Crippen molar-refractivity contribution in [1.82, 2.24) is 9.88 Å². The molecule has 1 aliphatic heterocycles. The third-order valence-electron chi connectivity index (χ3n) is 3.42. The SMILES string of the molecule is CN1CCN(c2cnccc2C#N)C(C)(C)C1=O. The molecule has 1 saturated heterocycles. The number of carbonyl (C=O) groups excluding carboxylic acids is 1. The van der Waals surface area contributed by atoms with Gasteiger partial charge in [-0.1, -0.05) is 0 Å². The molecule has 5 nitrogen and oxygen atoms in total. The number of aromatic nitrogens is 1. The summed E-state index contributed by atoms with van der Waals surface area (Å²) in [6, 6.07) is 3.82. The van der Waals surface area contributed by atoms with Crippen LogP contribution in [0.3, 0.4) is 0 Å². The first-order chi connectivity index (χ1) is 8.48. The molecule has 1 aromatic rings. The predicted octanol–water partition coefficient (Wildman–Crippen LogP) is 1.01. The van der Waals surface area contributed by atoms with Gasteiger partial charge in [0.15, 0.2) is 0 Å². The van der Waals surface area contributed by atoms with E-state index in [1.807, 2.05) is 18.7 Å². The molecule has 0 radical (unpaired) electrons. The van der Waals surface area contributed by atoms with Gasteiger partial charge in [0.1, 0.15) is 11.6 Å². The van der Waals surface area contributed by atoms with Gasteiger partial charge in [0.25, 0.3) is 0 Å².